The second-order valence-corrected chi connectivity index (χ2v) is 9.14. The topological polar surface area (TPSA) is 56.8 Å². The molecule has 1 atom stereocenters. The van der Waals surface area contributed by atoms with Gasteiger partial charge in [0.2, 0.25) is 0 Å². The van der Waals surface area contributed by atoms with Crippen LogP contribution in [-0.2, 0) is 11.3 Å². The van der Waals surface area contributed by atoms with Gasteiger partial charge in [-0.15, -0.1) is 11.8 Å². The van der Waals surface area contributed by atoms with Gasteiger partial charge in [-0.05, 0) is 49.7 Å². The number of halogens is 1. The molecule has 2 amide bonds. The average molecular weight is 443 g/mol. The fourth-order valence-electron chi connectivity index (χ4n) is 4.06. The van der Waals surface area contributed by atoms with E-state index >= 15 is 0 Å². The average Bonchev–Trinajstić information content (AvgIpc) is 3.14. The van der Waals surface area contributed by atoms with Crippen molar-refractivity contribution in [1.29, 1.82) is 0 Å². The van der Waals surface area contributed by atoms with Gasteiger partial charge < -0.3 is 9.80 Å². The first-order valence-corrected chi connectivity index (χ1v) is 11.7. The van der Waals surface area contributed by atoms with Gasteiger partial charge in [-0.1, -0.05) is 6.07 Å². The van der Waals surface area contributed by atoms with Crippen LogP contribution in [0.3, 0.4) is 0 Å². The maximum absolute atomic E-state index is 13.3. The summed E-state index contributed by atoms with van der Waals surface area (Å²) in [6, 6.07) is 11.6. The standard InChI is InChI=1S/C23H27FN4O2S/c1-17-4-2-5-20(25-17)16-26-10-3-11-27(13-12-26)22(30)23-28(14-15-31-23)21(29)18-6-8-19(24)9-7-18/h2,4-9,23H,3,10-16H2,1H3. The zero-order chi connectivity index (χ0) is 21.8. The van der Waals surface area contributed by atoms with Crippen LogP contribution < -0.4 is 0 Å². The fourth-order valence-corrected chi connectivity index (χ4v) is 5.26. The van der Waals surface area contributed by atoms with Gasteiger partial charge >= 0.3 is 0 Å². The van der Waals surface area contributed by atoms with E-state index in [4.69, 9.17) is 0 Å². The molecule has 1 unspecified atom stereocenters. The molecule has 1 aromatic carbocycles. The molecule has 164 valence electrons. The van der Waals surface area contributed by atoms with E-state index < -0.39 is 5.37 Å². The predicted molar refractivity (Wildman–Crippen MR) is 119 cm³/mol. The SMILES string of the molecule is Cc1cccc(CN2CCCN(C(=O)C3SCCN3C(=O)c3ccc(F)cc3)CC2)n1. The molecule has 0 radical (unpaired) electrons. The minimum Gasteiger partial charge on any atom is -0.339 e. The largest absolute Gasteiger partial charge is 0.339 e. The van der Waals surface area contributed by atoms with Crippen molar-refractivity contribution in [3.63, 3.8) is 0 Å². The maximum atomic E-state index is 13.3. The summed E-state index contributed by atoms with van der Waals surface area (Å²) < 4.78 is 13.2. The van der Waals surface area contributed by atoms with E-state index in [2.05, 4.69) is 9.88 Å². The lowest BCUT2D eigenvalue weighted by molar-refractivity contribution is -0.132. The highest BCUT2D eigenvalue weighted by Crippen LogP contribution is 2.28. The zero-order valence-electron chi connectivity index (χ0n) is 17.7. The van der Waals surface area contributed by atoms with E-state index in [0.717, 1.165) is 43.2 Å². The third-order valence-electron chi connectivity index (χ3n) is 5.69. The van der Waals surface area contributed by atoms with Gasteiger partial charge in [0, 0.05) is 56.3 Å². The van der Waals surface area contributed by atoms with Crippen molar-refractivity contribution in [2.75, 3.05) is 38.5 Å². The Kier molecular flexibility index (Phi) is 6.87. The highest BCUT2D eigenvalue weighted by Gasteiger charge is 2.38. The van der Waals surface area contributed by atoms with E-state index in [1.54, 1.807) is 4.90 Å². The molecule has 2 aliphatic heterocycles. The number of hydrogen-bond donors (Lipinski definition) is 0. The minimum atomic E-state index is -0.512. The van der Waals surface area contributed by atoms with Crippen LogP contribution in [0.4, 0.5) is 4.39 Å². The lowest BCUT2D eigenvalue weighted by Gasteiger charge is -2.29. The number of amides is 2. The van der Waals surface area contributed by atoms with Crippen molar-refractivity contribution in [1.82, 2.24) is 19.7 Å². The highest BCUT2D eigenvalue weighted by atomic mass is 32.2. The van der Waals surface area contributed by atoms with E-state index in [1.165, 1.54) is 36.0 Å². The van der Waals surface area contributed by atoms with Crippen LogP contribution in [0.5, 0.6) is 0 Å². The Morgan fingerprint density at radius 3 is 2.65 bits per heavy atom. The second kappa shape index (κ2) is 9.78. The van der Waals surface area contributed by atoms with Crippen LogP contribution >= 0.6 is 11.8 Å². The Balaban J connectivity index is 1.38. The summed E-state index contributed by atoms with van der Waals surface area (Å²) in [5, 5.41) is -0.512. The summed E-state index contributed by atoms with van der Waals surface area (Å²) in [5.41, 5.74) is 2.46. The van der Waals surface area contributed by atoms with Crippen LogP contribution in [0.1, 0.15) is 28.2 Å². The third kappa shape index (κ3) is 5.25. The number of carbonyl (C=O) groups is 2. The van der Waals surface area contributed by atoms with Gasteiger partial charge in [-0.3, -0.25) is 19.5 Å². The van der Waals surface area contributed by atoms with Crippen LogP contribution in [0.25, 0.3) is 0 Å². The molecule has 6 nitrogen and oxygen atoms in total. The zero-order valence-corrected chi connectivity index (χ0v) is 18.5. The lowest BCUT2D eigenvalue weighted by Crippen LogP contribution is -2.47. The predicted octanol–water partition coefficient (Wildman–Crippen LogP) is 2.78. The molecule has 0 spiro atoms. The summed E-state index contributed by atoms with van der Waals surface area (Å²) in [7, 11) is 0. The number of aromatic nitrogens is 1. The van der Waals surface area contributed by atoms with Gasteiger partial charge in [-0.25, -0.2) is 4.39 Å². The molecule has 2 aromatic rings. The van der Waals surface area contributed by atoms with E-state index in [0.29, 0.717) is 25.2 Å². The van der Waals surface area contributed by atoms with Gasteiger partial charge in [0.15, 0.2) is 5.37 Å². The van der Waals surface area contributed by atoms with Crippen molar-refractivity contribution >= 4 is 23.6 Å². The highest BCUT2D eigenvalue weighted by molar-refractivity contribution is 8.00. The van der Waals surface area contributed by atoms with Crippen LogP contribution in [-0.4, -0.2) is 75.3 Å². The first-order valence-electron chi connectivity index (χ1n) is 10.6. The van der Waals surface area contributed by atoms with Gasteiger partial charge in [0.05, 0.1) is 5.69 Å². The van der Waals surface area contributed by atoms with E-state index in [9.17, 15) is 14.0 Å². The maximum Gasteiger partial charge on any atom is 0.255 e. The van der Waals surface area contributed by atoms with Crippen LogP contribution in [0, 0.1) is 12.7 Å². The molecule has 0 aliphatic carbocycles. The fraction of sp³-hybridized carbons (Fsp3) is 0.435. The number of pyridine rings is 1. The molecular formula is C23H27FN4O2S. The van der Waals surface area contributed by atoms with Crippen molar-refractivity contribution in [3.8, 4) is 0 Å². The molecule has 2 fully saturated rings. The van der Waals surface area contributed by atoms with Crippen LogP contribution in [0.2, 0.25) is 0 Å². The molecule has 0 N–H and O–H groups in total. The van der Waals surface area contributed by atoms with E-state index in [1.807, 2.05) is 30.0 Å². The Hall–Kier alpha value is -2.45. The van der Waals surface area contributed by atoms with Gasteiger partial charge in [0.25, 0.3) is 11.8 Å². The Morgan fingerprint density at radius 1 is 1.06 bits per heavy atom. The number of carbonyl (C=O) groups excluding carboxylic acids is 2. The summed E-state index contributed by atoms with van der Waals surface area (Å²) in [5.74, 6) is 0.122. The number of benzene rings is 1. The molecule has 0 saturated carbocycles. The van der Waals surface area contributed by atoms with Crippen molar-refractivity contribution < 1.29 is 14.0 Å². The summed E-state index contributed by atoms with van der Waals surface area (Å²) in [4.78, 5) is 36.6. The molecule has 4 rings (SSSR count). The van der Waals surface area contributed by atoms with Crippen molar-refractivity contribution in [2.45, 2.75) is 25.3 Å². The summed E-state index contributed by atoms with van der Waals surface area (Å²) >= 11 is 1.51. The van der Waals surface area contributed by atoms with Crippen molar-refractivity contribution in [3.05, 3.63) is 65.2 Å². The third-order valence-corrected chi connectivity index (χ3v) is 6.88. The molecule has 3 heterocycles. The quantitative estimate of drug-likeness (QED) is 0.729. The number of rotatable bonds is 4. The monoisotopic (exact) mass is 442 g/mol. The first-order chi connectivity index (χ1) is 15.0. The smallest absolute Gasteiger partial charge is 0.255 e. The summed E-state index contributed by atoms with van der Waals surface area (Å²) in [6.45, 7) is 6.31. The van der Waals surface area contributed by atoms with Crippen molar-refractivity contribution in [2.24, 2.45) is 0 Å². The molecule has 2 aliphatic rings. The number of aryl methyl sites for hydroxylation is 1. The Labute approximate surface area is 186 Å². The summed E-state index contributed by atoms with van der Waals surface area (Å²) in [6.07, 6.45) is 0.890. The molecule has 0 bridgehead atoms. The molecule has 2 saturated heterocycles. The Bertz CT molecular complexity index is 939. The Morgan fingerprint density at radius 2 is 1.87 bits per heavy atom. The van der Waals surface area contributed by atoms with Gasteiger partial charge in [0.1, 0.15) is 5.82 Å². The van der Waals surface area contributed by atoms with Crippen LogP contribution in [0.15, 0.2) is 42.5 Å². The molecular weight excluding hydrogens is 415 g/mol. The minimum absolute atomic E-state index is 0.00603. The number of thioether (sulfide) groups is 1. The molecule has 8 heteroatoms. The molecule has 1 aromatic heterocycles. The normalized spacial score (nSPS) is 20.0. The lowest BCUT2D eigenvalue weighted by atomic mass is 10.2. The second-order valence-electron chi connectivity index (χ2n) is 7.95. The number of nitrogens with zero attached hydrogens (tertiary/aromatic N) is 4. The first kappa shape index (κ1) is 21.8. The number of hydrogen-bond acceptors (Lipinski definition) is 5. The van der Waals surface area contributed by atoms with Gasteiger partial charge in [-0.2, -0.15) is 0 Å². The van der Waals surface area contributed by atoms with E-state index in [-0.39, 0.29) is 17.6 Å². The molecule has 31 heavy (non-hydrogen) atoms.